The normalized spacial score (nSPS) is 23.6. The zero-order valence-corrected chi connectivity index (χ0v) is 13.2. The van der Waals surface area contributed by atoms with Gasteiger partial charge in [-0.05, 0) is 57.5 Å². The predicted molar refractivity (Wildman–Crippen MR) is 83.8 cm³/mol. The summed E-state index contributed by atoms with van der Waals surface area (Å²) in [5, 5.41) is 3.35. The SMILES string of the molecule is CNCC1CCN(C(C)C)C1c1ccc(COC)cc1. The van der Waals surface area contributed by atoms with E-state index in [-0.39, 0.29) is 0 Å². The van der Waals surface area contributed by atoms with E-state index in [4.69, 9.17) is 4.74 Å². The van der Waals surface area contributed by atoms with E-state index in [9.17, 15) is 0 Å². The maximum absolute atomic E-state index is 5.19. The minimum absolute atomic E-state index is 0.541. The van der Waals surface area contributed by atoms with E-state index >= 15 is 0 Å². The average Bonchev–Trinajstić information content (AvgIpc) is 2.84. The number of hydrogen-bond donors (Lipinski definition) is 1. The van der Waals surface area contributed by atoms with Crippen molar-refractivity contribution in [3.05, 3.63) is 35.4 Å². The molecule has 0 radical (unpaired) electrons. The van der Waals surface area contributed by atoms with Crippen molar-refractivity contribution in [1.29, 1.82) is 0 Å². The Hall–Kier alpha value is -0.900. The maximum atomic E-state index is 5.19. The Labute approximate surface area is 123 Å². The number of nitrogens with zero attached hydrogens (tertiary/aromatic N) is 1. The molecule has 3 nitrogen and oxygen atoms in total. The third kappa shape index (κ3) is 3.40. The molecule has 2 atom stereocenters. The zero-order valence-electron chi connectivity index (χ0n) is 13.2. The maximum Gasteiger partial charge on any atom is 0.0713 e. The van der Waals surface area contributed by atoms with Gasteiger partial charge in [-0.2, -0.15) is 0 Å². The molecule has 1 aromatic carbocycles. The third-order valence-corrected chi connectivity index (χ3v) is 4.32. The predicted octanol–water partition coefficient (Wildman–Crippen LogP) is 2.82. The molecular weight excluding hydrogens is 248 g/mol. The summed E-state index contributed by atoms with van der Waals surface area (Å²) in [5.41, 5.74) is 2.69. The minimum Gasteiger partial charge on any atom is -0.380 e. The first-order chi connectivity index (χ1) is 9.67. The molecule has 1 aromatic rings. The van der Waals surface area contributed by atoms with Gasteiger partial charge in [-0.15, -0.1) is 0 Å². The smallest absolute Gasteiger partial charge is 0.0713 e. The number of benzene rings is 1. The molecule has 1 aliphatic heterocycles. The summed E-state index contributed by atoms with van der Waals surface area (Å²) in [6.07, 6.45) is 1.28. The number of rotatable bonds is 6. The molecule has 0 saturated carbocycles. The Balaban J connectivity index is 2.20. The van der Waals surface area contributed by atoms with Crippen molar-refractivity contribution in [3.8, 4) is 0 Å². The van der Waals surface area contributed by atoms with Crippen LogP contribution in [0.3, 0.4) is 0 Å². The van der Waals surface area contributed by atoms with Crippen molar-refractivity contribution < 1.29 is 4.74 Å². The molecule has 2 unspecified atom stereocenters. The Bertz CT molecular complexity index is 402. The molecular formula is C17H28N2O. The first-order valence-electron chi connectivity index (χ1n) is 7.65. The Morgan fingerprint density at radius 1 is 1.30 bits per heavy atom. The van der Waals surface area contributed by atoms with Crippen LogP contribution >= 0.6 is 0 Å². The highest BCUT2D eigenvalue weighted by Crippen LogP contribution is 2.38. The molecule has 1 N–H and O–H groups in total. The number of ether oxygens (including phenoxy) is 1. The monoisotopic (exact) mass is 276 g/mol. The number of hydrogen-bond acceptors (Lipinski definition) is 3. The molecule has 1 aliphatic rings. The molecule has 0 spiro atoms. The molecule has 2 rings (SSSR count). The van der Waals surface area contributed by atoms with Crippen molar-refractivity contribution >= 4 is 0 Å². The largest absolute Gasteiger partial charge is 0.380 e. The van der Waals surface area contributed by atoms with E-state index < -0.39 is 0 Å². The summed E-state index contributed by atoms with van der Waals surface area (Å²) in [6.45, 7) is 7.59. The fraction of sp³-hybridized carbons (Fsp3) is 0.647. The molecule has 1 fully saturated rings. The summed E-state index contributed by atoms with van der Waals surface area (Å²) in [4.78, 5) is 2.63. The van der Waals surface area contributed by atoms with Crippen molar-refractivity contribution in [2.45, 2.75) is 39.0 Å². The summed E-state index contributed by atoms with van der Waals surface area (Å²) in [6, 6.07) is 10.1. The molecule has 0 aromatic heterocycles. The van der Waals surface area contributed by atoms with Crippen LogP contribution in [0.1, 0.15) is 37.4 Å². The summed E-state index contributed by atoms with van der Waals surface area (Å²) >= 11 is 0. The van der Waals surface area contributed by atoms with Crippen LogP contribution in [0.5, 0.6) is 0 Å². The molecule has 1 heterocycles. The van der Waals surface area contributed by atoms with Gasteiger partial charge in [-0.25, -0.2) is 0 Å². The third-order valence-electron chi connectivity index (χ3n) is 4.32. The van der Waals surface area contributed by atoms with Gasteiger partial charge in [0.05, 0.1) is 6.61 Å². The van der Waals surface area contributed by atoms with Gasteiger partial charge in [0.1, 0.15) is 0 Å². The van der Waals surface area contributed by atoms with E-state index in [0.29, 0.717) is 24.6 Å². The second-order valence-corrected chi connectivity index (χ2v) is 6.06. The van der Waals surface area contributed by atoms with Crippen molar-refractivity contribution in [3.63, 3.8) is 0 Å². The van der Waals surface area contributed by atoms with Crippen molar-refractivity contribution in [2.75, 3.05) is 27.2 Å². The van der Waals surface area contributed by atoms with Crippen LogP contribution in [0.4, 0.5) is 0 Å². The number of methoxy groups -OCH3 is 1. The first kappa shape index (κ1) is 15.5. The van der Waals surface area contributed by atoms with E-state index in [1.54, 1.807) is 7.11 Å². The first-order valence-corrected chi connectivity index (χ1v) is 7.65. The lowest BCUT2D eigenvalue weighted by atomic mass is 9.92. The molecule has 0 amide bonds. The lowest BCUT2D eigenvalue weighted by molar-refractivity contribution is 0.181. The van der Waals surface area contributed by atoms with Gasteiger partial charge in [0, 0.05) is 19.2 Å². The highest BCUT2D eigenvalue weighted by atomic mass is 16.5. The minimum atomic E-state index is 0.541. The van der Waals surface area contributed by atoms with Gasteiger partial charge in [0.15, 0.2) is 0 Å². The molecule has 20 heavy (non-hydrogen) atoms. The van der Waals surface area contributed by atoms with Crippen LogP contribution in [-0.2, 0) is 11.3 Å². The van der Waals surface area contributed by atoms with Crippen LogP contribution in [-0.4, -0.2) is 38.2 Å². The van der Waals surface area contributed by atoms with Gasteiger partial charge in [0.25, 0.3) is 0 Å². The lowest BCUT2D eigenvalue weighted by Gasteiger charge is -2.32. The average molecular weight is 276 g/mol. The quantitative estimate of drug-likeness (QED) is 0.864. The number of likely N-dealkylation sites (tertiary alicyclic amines) is 1. The van der Waals surface area contributed by atoms with Crippen LogP contribution < -0.4 is 5.32 Å². The summed E-state index contributed by atoms with van der Waals surface area (Å²) < 4.78 is 5.19. The van der Waals surface area contributed by atoms with E-state index in [2.05, 4.69) is 55.4 Å². The van der Waals surface area contributed by atoms with Crippen LogP contribution in [0, 0.1) is 5.92 Å². The second-order valence-electron chi connectivity index (χ2n) is 6.06. The fourth-order valence-corrected chi connectivity index (χ4v) is 3.38. The Morgan fingerprint density at radius 3 is 2.55 bits per heavy atom. The molecule has 112 valence electrons. The van der Waals surface area contributed by atoms with Crippen LogP contribution in [0.2, 0.25) is 0 Å². The zero-order chi connectivity index (χ0) is 14.5. The standard InChI is InChI=1S/C17H28N2O/c1-13(2)19-10-9-16(11-18-3)17(19)15-7-5-14(6-8-15)12-20-4/h5-8,13,16-18H,9-12H2,1-4H3. The van der Waals surface area contributed by atoms with Gasteiger partial charge >= 0.3 is 0 Å². The summed E-state index contributed by atoms with van der Waals surface area (Å²) in [5.74, 6) is 0.704. The highest BCUT2D eigenvalue weighted by Gasteiger charge is 2.35. The van der Waals surface area contributed by atoms with Gasteiger partial charge < -0.3 is 10.1 Å². The van der Waals surface area contributed by atoms with Crippen molar-refractivity contribution in [1.82, 2.24) is 10.2 Å². The van der Waals surface area contributed by atoms with Gasteiger partial charge in [0.2, 0.25) is 0 Å². The van der Waals surface area contributed by atoms with E-state index in [0.717, 1.165) is 6.54 Å². The lowest BCUT2D eigenvalue weighted by Crippen LogP contribution is -2.33. The summed E-state index contributed by atoms with van der Waals surface area (Å²) in [7, 11) is 3.80. The Kier molecular flexibility index (Phi) is 5.58. The Morgan fingerprint density at radius 2 is 2.00 bits per heavy atom. The van der Waals surface area contributed by atoms with E-state index in [1.807, 2.05) is 0 Å². The molecule has 1 saturated heterocycles. The second kappa shape index (κ2) is 7.21. The van der Waals surface area contributed by atoms with E-state index in [1.165, 1.54) is 24.1 Å². The van der Waals surface area contributed by atoms with Crippen LogP contribution in [0.15, 0.2) is 24.3 Å². The van der Waals surface area contributed by atoms with Crippen molar-refractivity contribution in [2.24, 2.45) is 5.92 Å². The van der Waals surface area contributed by atoms with Crippen LogP contribution in [0.25, 0.3) is 0 Å². The topological polar surface area (TPSA) is 24.5 Å². The fourth-order valence-electron chi connectivity index (χ4n) is 3.38. The number of nitrogens with one attached hydrogen (secondary N) is 1. The molecule has 3 heteroatoms. The van der Waals surface area contributed by atoms with Gasteiger partial charge in [-0.3, -0.25) is 4.90 Å². The van der Waals surface area contributed by atoms with Gasteiger partial charge in [-0.1, -0.05) is 24.3 Å². The highest BCUT2D eigenvalue weighted by molar-refractivity contribution is 5.26. The molecule has 0 bridgehead atoms. The molecule has 0 aliphatic carbocycles.